The van der Waals surface area contributed by atoms with E-state index in [2.05, 4.69) is 15.5 Å². The number of carbonyl (C=O) groups excluding carboxylic acids is 1. The molecule has 7 heteroatoms. The molecular formula is C17H11ClN4O2. The number of carbonyl (C=O) groups is 1. The van der Waals surface area contributed by atoms with E-state index in [-0.39, 0.29) is 5.69 Å². The first kappa shape index (κ1) is 15.7. The molecule has 0 fully saturated rings. The van der Waals surface area contributed by atoms with Crippen LogP contribution in [0.5, 0.6) is 0 Å². The first-order valence-electron chi connectivity index (χ1n) is 7.03. The summed E-state index contributed by atoms with van der Waals surface area (Å²) < 4.78 is 0. The second-order valence-corrected chi connectivity index (χ2v) is 5.47. The van der Waals surface area contributed by atoms with E-state index >= 15 is 0 Å². The molecule has 3 rings (SSSR count). The molecule has 0 bridgehead atoms. The highest BCUT2D eigenvalue weighted by Crippen LogP contribution is 2.17. The Bertz CT molecular complexity index is 1020. The third-order valence-electron chi connectivity index (χ3n) is 3.48. The number of hydrogen-bond acceptors (Lipinski definition) is 4. The number of aromatic nitrogens is 2. The highest BCUT2D eigenvalue weighted by Gasteiger charge is 2.20. The van der Waals surface area contributed by atoms with Gasteiger partial charge in [0.05, 0.1) is 11.6 Å². The lowest BCUT2D eigenvalue weighted by atomic mass is 10.1. The summed E-state index contributed by atoms with van der Waals surface area (Å²) in [5.41, 5.74) is 0.266. The minimum Gasteiger partial charge on any atom is -0.331 e. The highest BCUT2D eigenvalue weighted by molar-refractivity contribution is 6.30. The molecule has 2 aromatic carbocycles. The molecular weight excluding hydrogens is 328 g/mol. The molecule has 6 nitrogen and oxygen atoms in total. The van der Waals surface area contributed by atoms with Crippen molar-refractivity contribution in [1.82, 2.24) is 15.5 Å². The van der Waals surface area contributed by atoms with Gasteiger partial charge in [-0.2, -0.15) is 10.4 Å². The highest BCUT2D eigenvalue weighted by atomic mass is 35.5. The van der Waals surface area contributed by atoms with Crippen LogP contribution >= 0.6 is 11.6 Å². The summed E-state index contributed by atoms with van der Waals surface area (Å²) in [5.74, 6) is -0.728. The van der Waals surface area contributed by atoms with E-state index in [0.717, 1.165) is 0 Å². The minimum absolute atomic E-state index is 0.295. The Labute approximate surface area is 141 Å². The SMILES string of the molecule is N#C[C@@H](NC(=O)c1n[nH]c2ccccc2c1=O)c1cccc(Cl)c1. The molecule has 2 N–H and O–H groups in total. The van der Waals surface area contributed by atoms with Gasteiger partial charge in [-0.25, -0.2) is 0 Å². The summed E-state index contributed by atoms with van der Waals surface area (Å²) in [5, 5.41) is 19.1. The lowest BCUT2D eigenvalue weighted by Gasteiger charge is -2.11. The number of H-pyrrole nitrogens is 1. The molecule has 0 saturated heterocycles. The zero-order chi connectivity index (χ0) is 17.1. The number of nitriles is 1. The largest absolute Gasteiger partial charge is 0.331 e. The summed E-state index contributed by atoms with van der Waals surface area (Å²) in [6, 6.07) is 14.4. The zero-order valence-corrected chi connectivity index (χ0v) is 13.0. The van der Waals surface area contributed by atoms with Crippen molar-refractivity contribution in [3.63, 3.8) is 0 Å². The fourth-order valence-electron chi connectivity index (χ4n) is 2.30. The van der Waals surface area contributed by atoms with Crippen LogP contribution in [0.2, 0.25) is 5.02 Å². The van der Waals surface area contributed by atoms with Crippen LogP contribution in [0.4, 0.5) is 0 Å². The number of halogens is 1. The molecule has 0 unspecified atom stereocenters. The van der Waals surface area contributed by atoms with Crippen LogP contribution in [0.15, 0.2) is 53.3 Å². The summed E-state index contributed by atoms with van der Waals surface area (Å²) in [7, 11) is 0. The molecule has 0 saturated carbocycles. The average Bonchev–Trinajstić information content (AvgIpc) is 2.60. The fraction of sp³-hybridized carbons (Fsp3) is 0.0588. The molecule has 0 spiro atoms. The molecule has 118 valence electrons. The van der Waals surface area contributed by atoms with Gasteiger partial charge in [0.2, 0.25) is 5.43 Å². The minimum atomic E-state index is -0.941. The van der Waals surface area contributed by atoms with Gasteiger partial charge in [-0.1, -0.05) is 35.9 Å². The number of nitrogens with zero attached hydrogens (tertiary/aromatic N) is 2. The Kier molecular flexibility index (Phi) is 4.27. The van der Waals surface area contributed by atoms with Gasteiger partial charge < -0.3 is 5.32 Å². The standard InChI is InChI=1S/C17H11ClN4O2/c18-11-5-3-4-10(8-11)14(9-19)20-17(24)15-16(23)12-6-1-2-7-13(12)21-22-15/h1-8,14H,(H,20,24)(H,21,23)/t14-/m1/s1. The first-order chi connectivity index (χ1) is 11.6. The van der Waals surface area contributed by atoms with Crippen molar-refractivity contribution in [3.8, 4) is 6.07 Å². The van der Waals surface area contributed by atoms with Gasteiger partial charge in [0.1, 0.15) is 6.04 Å². The number of amides is 1. The van der Waals surface area contributed by atoms with E-state index < -0.39 is 17.4 Å². The van der Waals surface area contributed by atoms with Crippen LogP contribution in [0.25, 0.3) is 10.9 Å². The molecule has 0 aliphatic carbocycles. The second-order valence-electron chi connectivity index (χ2n) is 5.04. The molecule has 3 aromatic rings. The Morgan fingerprint density at radius 1 is 1.25 bits per heavy atom. The smallest absolute Gasteiger partial charge is 0.277 e. The maximum Gasteiger partial charge on any atom is 0.277 e. The maximum atomic E-state index is 12.4. The van der Waals surface area contributed by atoms with Crippen molar-refractivity contribution in [2.24, 2.45) is 0 Å². The Morgan fingerprint density at radius 2 is 2.04 bits per heavy atom. The van der Waals surface area contributed by atoms with Crippen LogP contribution in [0.3, 0.4) is 0 Å². The molecule has 1 amide bonds. The first-order valence-corrected chi connectivity index (χ1v) is 7.41. The summed E-state index contributed by atoms with van der Waals surface area (Å²) in [4.78, 5) is 24.7. The molecule has 24 heavy (non-hydrogen) atoms. The van der Waals surface area contributed by atoms with Gasteiger partial charge in [-0.3, -0.25) is 14.7 Å². The van der Waals surface area contributed by atoms with Crippen molar-refractivity contribution >= 4 is 28.4 Å². The van der Waals surface area contributed by atoms with E-state index in [1.54, 1.807) is 48.5 Å². The van der Waals surface area contributed by atoms with Crippen molar-refractivity contribution in [3.05, 3.63) is 75.0 Å². The van der Waals surface area contributed by atoms with Crippen molar-refractivity contribution in [2.75, 3.05) is 0 Å². The third kappa shape index (κ3) is 2.98. The van der Waals surface area contributed by atoms with Gasteiger partial charge in [-0.05, 0) is 29.8 Å². The van der Waals surface area contributed by atoms with Crippen LogP contribution < -0.4 is 10.7 Å². The second kappa shape index (κ2) is 6.52. The zero-order valence-electron chi connectivity index (χ0n) is 12.3. The number of benzene rings is 2. The number of aromatic amines is 1. The summed E-state index contributed by atoms with van der Waals surface area (Å²) >= 11 is 5.90. The molecule has 0 aliphatic rings. The quantitative estimate of drug-likeness (QED) is 0.766. The van der Waals surface area contributed by atoms with Crippen molar-refractivity contribution in [2.45, 2.75) is 6.04 Å². The van der Waals surface area contributed by atoms with Crippen LogP contribution in [0, 0.1) is 11.3 Å². The monoisotopic (exact) mass is 338 g/mol. The lowest BCUT2D eigenvalue weighted by Crippen LogP contribution is -2.33. The molecule has 0 radical (unpaired) electrons. The van der Waals surface area contributed by atoms with Crippen molar-refractivity contribution in [1.29, 1.82) is 5.26 Å². The van der Waals surface area contributed by atoms with Crippen LogP contribution in [0.1, 0.15) is 22.1 Å². The lowest BCUT2D eigenvalue weighted by molar-refractivity contribution is 0.0938. The van der Waals surface area contributed by atoms with Gasteiger partial charge in [0.15, 0.2) is 5.69 Å². The van der Waals surface area contributed by atoms with E-state index in [1.807, 2.05) is 6.07 Å². The molecule has 0 aliphatic heterocycles. The Balaban J connectivity index is 1.93. The number of hydrogen-bond donors (Lipinski definition) is 2. The van der Waals surface area contributed by atoms with Gasteiger partial charge in [-0.15, -0.1) is 0 Å². The number of nitrogens with one attached hydrogen (secondary N) is 2. The van der Waals surface area contributed by atoms with Crippen LogP contribution in [-0.4, -0.2) is 16.1 Å². The Morgan fingerprint density at radius 3 is 2.79 bits per heavy atom. The van der Waals surface area contributed by atoms with E-state index in [9.17, 15) is 14.9 Å². The van der Waals surface area contributed by atoms with Crippen molar-refractivity contribution < 1.29 is 4.79 Å². The topological polar surface area (TPSA) is 98.6 Å². The normalized spacial score (nSPS) is 11.7. The van der Waals surface area contributed by atoms with Crippen LogP contribution in [-0.2, 0) is 0 Å². The van der Waals surface area contributed by atoms with Gasteiger partial charge >= 0.3 is 0 Å². The number of para-hydroxylation sites is 1. The van der Waals surface area contributed by atoms with Gasteiger partial charge in [0, 0.05) is 10.4 Å². The number of fused-ring (bicyclic) bond motifs is 1. The Hall–Kier alpha value is -3.17. The summed E-state index contributed by atoms with van der Waals surface area (Å²) in [6.07, 6.45) is 0. The third-order valence-corrected chi connectivity index (χ3v) is 3.71. The van der Waals surface area contributed by atoms with Gasteiger partial charge in [0.25, 0.3) is 5.91 Å². The maximum absolute atomic E-state index is 12.4. The predicted molar refractivity (Wildman–Crippen MR) is 89.6 cm³/mol. The fourth-order valence-corrected chi connectivity index (χ4v) is 2.50. The van der Waals surface area contributed by atoms with E-state index in [0.29, 0.717) is 21.5 Å². The van der Waals surface area contributed by atoms with E-state index in [4.69, 9.17) is 11.6 Å². The predicted octanol–water partition coefficient (Wildman–Crippen LogP) is 2.57. The molecule has 1 aromatic heterocycles. The number of rotatable bonds is 3. The molecule has 1 atom stereocenters. The average molecular weight is 339 g/mol. The molecule has 1 heterocycles. The van der Waals surface area contributed by atoms with E-state index in [1.165, 1.54) is 0 Å². The summed E-state index contributed by atoms with van der Waals surface area (Å²) in [6.45, 7) is 0.